The van der Waals surface area contributed by atoms with Gasteiger partial charge in [0.05, 0.1) is 26.7 Å². The molecule has 9 aromatic carbocycles. The van der Waals surface area contributed by atoms with Gasteiger partial charge < -0.3 is 85.5 Å². The van der Waals surface area contributed by atoms with Crippen LogP contribution in [0.3, 0.4) is 0 Å². The molecule has 0 spiro atoms. The summed E-state index contributed by atoms with van der Waals surface area (Å²) in [4.78, 5) is 73.1. The van der Waals surface area contributed by atoms with Crippen molar-refractivity contribution in [1.82, 2.24) is 19.9 Å². The first-order chi connectivity index (χ1) is 60.1. The summed E-state index contributed by atoms with van der Waals surface area (Å²) in [6, 6.07) is 92.4. The van der Waals surface area contributed by atoms with Gasteiger partial charge in [0.2, 0.25) is 5.69 Å². The predicted molar refractivity (Wildman–Crippen MR) is 505 cm³/mol. The number of nitrogens with two attached hydrogens (primary N) is 1. The van der Waals surface area contributed by atoms with Crippen molar-refractivity contribution < 1.29 is 75.2 Å². The summed E-state index contributed by atoms with van der Waals surface area (Å²) in [5, 5.41) is 47.0. The molecule has 0 aliphatic carbocycles. The van der Waals surface area contributed by atoms with Crippen molar-refractivity contribution >= 4 is 165 Å². The molecule has 0 aliphatic heterocycles. The van der Waals surface area contributed by atoms with Crippen LogP contribution in [0.5, 0.6) is 0 Å². The predicted octanol–water partition coefficient (Wildman–Crippen LogP) is 8.00. The Hall–Kier alpha value is -15.4. The highest BCUT2D eigenvalue weighted by Crippen LogP contribution is 2.28. The maximum Gasteiger partial charge on any atom is 0.269 e. The van der Waals surface area contributed by atoms with Crippen molar-refractivity contribution in [2.24, 2.45) is 14.1 Å². The lowest BCUT2D eigenvalue weighted by atomic mass is 8.97. The van der Waals surface area contributed by atoms with E-state index in [1.54, 1.807) is 55.5 Å². The van der Waals surface area contributed by atoms with Gasteiger partial charge in [-0.05, 0) is 196 Å². The van der Waals surface area contributed by atoms with Crippen molar-refractivity contribution in [3.63, 3.8) is 0 Å². The molecule has 128 heavy (non-hydrogen) atoms. The highest BCUT2D eigenvalue weighted by Gasteiger charge is 2.13. The number of hydrogen-bond donors (Lipinski definition) is 9. The van der Waals surface area contributed by atoms with E-state index in [-0.39, 0.29) is 74.7 Å². The number of nitrogen functional groups attached to an aromatic ring is 1. The first-order valence-electron chi connectivity index (χ1n) is 38.7. The van der Waals surface area contributed by atoms with Crippen LogP contribution in [0.2, 0.25) is 0 Å². The van der Waals surface area contributed by atoms with E-state index in [0.717, 1.165) is 90.4 Å². The number of hydrogen-bond acceptors (Lipinski definition) is 17. The molecule has 10 radical (unpaired) electrons. The second kappa shape index (κ2) is 53.6. The molecule has 25 nitrogen and oxygen atoms in total. The first-order valence-corrected chi connectivity index (χ1v) is 38.7. The maximum absolute atomic E-state index is 12.7. The van der Waals surface area contributed by atoms with E-state index in [4.69, 9.17) is 28.9 Å². The summed E-state index contributed by atoms with van der Waals surface area (Å²) >= 11 is 0. The number of aromatic nitrogens is 7. The molecule has 0 aliphatic rings. The second-order valence-corrected chi connectivity index (χ2v) is 27.3. The Morgan fingerprint density at radius 3 is 1.04 bits per heavy atom. The third-order valence-electron chi connectivity index (χ3n) is 17.7. The summed E-state index contributed by atoms with van der Waals surface area (Å²) in [5.41, 5.74) is 23.8. The maximum atomic E-state index is 12.7. The summed E-state index contributed by atoms with van der Waals surface area (Å²) in [6.07, 6.45) is 23.8. The van der Waals surface area contributed by atoms with Crippen LogP contribution in [0.1, 0.15) is 42.2 Å². The number of pyridine rings is 7. The Balaban J connectivity index is 0.000000243. The van der Waals surface area contributed by atoms with Crippen molar-refractivity contribution in [3.8, 4) is 5.69 Å². The minimum absolute atomic E-state index is 0. The molecule has 0 fully saturated rings. The number of fused-ring (bicyclic) bond motifs is 1. The van der Waals surface area contributed by atoms with Crippen molar-refractivity contribution in [2.45, 2.75) is 13.8 Å². The number of amides is 3. The number of rotatable bonds is 20. The van der Waals surface area contributed by atoms with Gasteiger partial charge in [0.15, 0.2) is 37.2 Å². The smallest absolute Gasteiger partial charge is 0.269 e. The Kier molecular flexibility index (Phi) is 42.4. The van der Waals surface area contributed by atoms with Gasteiger partial charge in [-0.3, -0.25) is 54.5 Å². The normalized spacial score (nSPS) is 9.66. The van der Waals surface area contributed by atoms with E-state index >= 15 is 0 Å². The van der Waals surface area contributed by atoms with Crippen molar-refractivity contribution in [3.05, 3.63) is 432 Å². The molecular weight excluding hydrogens is 1660 g/mol. The molecular formula is C94H85B6Cl3N18O7. The molecule has 0 bridgehead atoms. The highest BCUT2D eigenvalue weighted by molar-refractivity contribution is 7.60. The fraction of sp³-hybridized carbons (Fsp3) is 0.0426. The fourth-order valence-electron chi connectivity index (χ4n) is 11.1. The molecule has 16 rings (SSSR count). The molecule has 34 heteroatoms. The Morgan fingerprint density at radius 1 is 0.367 bits per heavy atom. The monoisotopic (exact) mass is 1750 g/mol. The van der Waals surface area contributed by atoms with Crippen molar-refractivity contribution in [1.29, 1.82) is 0 Å². The molecule has 632 valence electrons. The number of nitrogens with zero attached hydrogens (tertiary/aromatic N) is 9. The molecule has 0 atom stereocenters. The van der Waals surface area contributed by atoms with Crippen LogP contribution >= 0.6 is 0 Å². The standard InChI is InChI=1S/C28H23N5O.C20H19N3O.C18H14N4O3.C12H12N2.C10H9N2.C6H6N2O2.B5.B.3ClH/c1-33-18-15-24(16-19-33)30-21-10-12-23(13-11-21)32-28(34)20-6-8-22(9-7-20)31-27-14-17-29-26-5-3-2-4-25(26)27;1-15-3-5-16(6-4-15)20(24)22-18-9-7-17(8-10-18)21-19-11-13-23(2)14-12-19;23-18(13-1-7-17(8-2-13)22(24)25)21-15-5-3-14(4-6-15)20-16-9-11-19-12-10-16;1-10-2-4-11(5-3-10)14-12-6-8-13-9-7-12;1-2-8-12(9-3-1)10-4-6-11-7-5-10;7-5-1-3-6(4-2-5)8(9)10;1-4-5(2)3;;;;/h2-19H,1H3,(H2,29,31,32,34);3-14H,1-2H3,(H,22,24);1-12H,(H,19,20)(H,21,23);2-9H,1H3,(H,13,14);1-9H;1-4H,7H2;;;3*1H/q;;;;+1;;;;;;/p-1. The SMILES string of the molecule is C[n+]1ccc(Nc2ccc(NC(=O)c3ccc(Nc4ccnc5ccccc45)cc3)cc2)cc1.Cc1ccc(C(=O)Nc2ccc(Nc3cc[n+](C)cc3)cc2)cc1.Cc1ccc(Nc2ccncc2)cc1.Nc1ccc([N+](=O)[O-])cc1.O=C(Nc1ccc(Nc2ccncc2)cc1)c1ccc([N+](=O)[O-])cc1.[B].[B][B]B([B])[B].[Cl-].[Cl-].[Cl-].c1cc[n+](-c2ccncc2)cc1. The topological polar surface area (TPSA) is 323 Å². The van der Waals surface area contributed by atoms with E-state index in [9.17, 15) is 34.6 Å². The van der Waals surface area contributed by atoms with E-state index < -0.39 is 16.2 Å². The van der Waals surface area contributed by atoms with Gasteiger partial charge in [0.1, 0.15) is 14.1 Å². The number of nitro benzene ring substituents is 2. The quantitative estimate of drug-likeness (QED) is 0.0115. The van der Waals surface area contributed by atoms with Crippen LogP contribution < -0.4 is 99.2 Å². The minimum atomic E-state index is -0.504. The van der Waals surface area contributed by atoms with E-state index in [1.165, 1.54) is 61.2 Å². The van der Waals surface area contributed by atoms with Crippen molar-refractivity contribution in [2.75, 3.05) is 48.3 Å². The van der Waals surface area contributed by atoms with Crippen LogP contribution in [0.15, 0.2) is 384 Å². The number of halogens is 3. The zero-order valence-electron chi connectivity index (χ0n) is 69.9. The Bertz CT molecular complexity index is 5990. The van der Waals surface area contributed by atoms with Crippen LogP contribution in [0, 0.1) is 34.1 Å². The summed E-state index contributed by atoms with van der Waals surface area (Å²) in [5.74, 6) is -0.590. The lowest BCUT2D eigenvalue weighted by molar-refractivity contribution is -0.671. The lowest BCUT2D eigenvalue weighted by Crippen LogP contribution is -3.00. The zero-order chi connectivity index (χ0) is 87.8. The van der Waals surface area contributed by atoms with Gasteiger partial charge in [0.25, 0.3) is 29.1 Å². The molecule has 16 aromatic rings. The number of carbonyl (C=O) groups is 3. The average Bonchev–Trinajstić information content (AvgIpc) is 0.817. The number of aryl methyl sites for hydroxylation is 4. The number of para-hydroxylation sites is 1. The average molecular weight is 1750 g/mol. The van der Waals surface area contributed by atoms with Gasteiger partial charge in [0, 0.05) is 252 Å². The third kappa shape index (κ3) is 34.7. The molecule has 3 amide bonds. The largest absolute Gasteiger partial charge is 1.00 e. The Labute approximate surface area is 768 Å². The summed E-state index contributed by atoms with van der Waals surface area (Å²) in [6.45, 7) is 4.08. The number of nitrogens with one attached hydrogen (secondary N) is 8. The lowest BCUT2D eigenvalue weighted by Gasteiger charge is -2.11. The van der Waals surface area contributed by atoms with Crippen LogP contribution in [0.4, 0.5) is 91.0 Å². The molecule has 0 unspecified atom stereocenters. The number of carbonyl (C=O) groups excluding carboxylic acids is 3. The molecule has 0 saturated heterocycles. The zero-order valence-corrected chi connectivity index (χ0v) is 72.2. The van der Waals surface area contributed by atoms with Gasteiger partial charge in [-0.25, -0.2) is 9.13 Å². The van der Waals surface area contributed by atoms with E-state index in [2.05, 4.69) is 93.7 Å². The van der Waals surface area contributed by atoms with Gasteiger partial charge in [-0.15, -0.1) is 0 Å². The second-order valence-electron chi connectivity index (χ2n) is 27.3. The summed E-state index contributed by atoms with van der Waals surface area (Å²) in [7, 11) is 19.8. The first kappa shape index (κ1) is 101. The molecule has 7 aromatic heterocycles. The minimum Gasteiger partial charge on any atom is -1.00 e. The van der Waals surface area contributed by atoms with Gasteiger partial charge in [-0.2, -0.15) is 4.57 Å². The summed E-state index contributed by atoms with van der Waals surface area (Å²) < 4.78 is 6.00. The number of non-ortho nitro benzene ring substituents is 2. The Morgan fingerprint density at radius 2 is 0.664 bits per heavy atom. The number of anilines is 14. The number of benzene rings is 9. The van der Waals surface area contributed by atoms with Crippen LogP contribution in [-0.2, 0) is 14.1 Å². The fourth-order valence-corrected chi connectivity index (χ4v) is 11.1. The third-order valence-corrected chi connectivity index (χ3v) is 17.7. The molecule has 0 saturated carbocycles. The molecule has 10 N–H and O–H groups in total. The number of nitro groups is 2. The van der Waals surface area contributed by atoms with Gasteiger partial charge in [-0.1, -0.05) is 59.7 Å². The molecule has 7 heterocycles. The van der Waals surface area contributed by atoms with Crippen LogP contribution in [0.25, 0.3) is 16.6 Å². The van der Waals surface area contributed by atoms with Gasteiger partial charge >= 0.3 is 0 Å². The van der Waals surface area contributed by atoms with E-state index in [0.29, 0.717) is 28.1 Å². The highest BCUT2D eigenvalue weighted by atomic mass is 35.5. The van der Waals surface area contributed by atoms with Crippen LogP contribution in [-0.4, -0.2) is 92.6 Å². The van der Waals surface area contributed by atoms with E-state index in [1.807, 2.05) is 290 Å².